The van der Waals surface area contributed by atoms with E-state index < -0.39 is 30.6 Å². The summed E-state index contributed by atoms with van der Waals surface area (Å²) >= 11 is 0. The van der Waals surface area contributed by atoms with Crippen LogP contribution in [0.3, 0.4) is 0 Å². The smallest absolute Gasteiger partial charge is 0.334 e. The van der Waals surface area contributed by atoms with Crippen LogP contribution in [0.4, 0.5) is 18.9 Å². The molecule has 5 nitrogen and oxygen atoms in total. The predicted molar refractivity (Wildman–Crippen MR) is 117 cm³/mol. The second-order valence-corrected chi connectivity index (χ2v) is 7.97. The first kappa shape index (κ1) is 23.8. The third-order valence-corrected chi connectivity index (χ3v) is 5.64. The third-order valence-electron chi connectivity index (χ3n) is 5.64. The molecule has 2 aromatic carbocycles. The van der Waals surface area contributed by atoms with Gasteiger partial charge in [-0.3, -0.25) is 14.5 Å². The van der Waals surface area contributed by atoms with E-state index in [-0.39, 0.29) is 19.0 Å². The molecule has 1 fully saturated rings. The molecule has 1 N–H and O–H groups in total. The molecule has 0 unspecified atom stereocenters. The summed E-state index contributed by atoms with van der Waals surface area (Å²) in [5, 5.41) is 2.92. The van der Waals surface area contributed by atoms with Crippen LogP contribution in [0.2, 0.25) is 0 Å². The Morgan fingerprint density at radius 3 is 2.31 bits per heavy atom. The number of hydrogen-bond acceptors (Lipinski definition) is 3. The number of carbonyl (C=O) groups is 2. The zero-order valence-corrected chi connectivity index (χ0v) is 18.0. The molecule has 1 saturated heterocycles. The summed E-state index contributed by atoms with van der Waals surface area (Å²) in [6.07, 6.45) is -3.31. The molecule has 1 aliphatic heterocycles. The van der Waals surface area contributed by atoms with Gasteiger partial charge in [-0.25, -0.2) is 0 Å². The number of halogens is 3. The fourth-order valence-electron chi connectivity index (χ4n) is 4.16. The lowest BCUT2D eigenvalue weighted by molar-refractivity contribution is -0.164. The average Bonchev–Trinajstić information content (AvgIpc) is 2.78. The molecule has 2 atom stereocenters. The standard InChI is InChI=1S/C24H28F3N3O2/c1-2-29(17-24(25,26)27)23(32)19-12-9-15-30(16-19)21(18-10-5-3-6-11-18)22(31)28-20-13-7-4-8-14-20/h3-8,10-11,13-14,19,21H,2,9,12,15-17H2,1H3,(H,28,31)/t19-,21+/m1/s1. The number of rotatable bonds is 7. The van der Waals surface area contributed by atoms with Crippen molar-refractivity contribution < 1.29 is 22.8 Å². The van der Waals surface area contributed by atoms with Gasteiger partial charge in [0.1, 0.15) is 12.6 Å². The maximum absolute atomic E-state index is 13.3. The topological polar surface area (TPSA) is 52.7 Å². The molecule has 0 saturated carbocycles. The lowest BCUT2D eigenvalue weighted by atomic mass is 9.93. The van der Waals surface area contributed by atoms with Crippen LogP contribution in [0.1, 0.15) is 31.4 Å². The molecule has 0 bridgehead atoms. The maximum Gasteiger partial charge on any atom is 0.406 e. The summed E-state index contributed by atoms with van der Waals surface area (Å²) in [6.45, 7) is 1.09. The molecule has 0 radical (unpaired) electrons. The molecular weight excluding hydrogens is 419 g/mol. The highest BCUT2D eigenvalue weighted by molar-refractivity contribution is 5.95. The summed E-state index contributed by atoms with van der Waals surface area (Å²) < 4.78 is 38.7. The van der Waals surface area contributed by atoms with E-state index in [2.05, 4.69) is 5.32 Å². The van der Waals surface area contributed by atoms with E-state index in [4.69, 9.17) is 0 Å². The van der Waals surface area contributed by atoms with Gasteiger partial charge >= 0.3 is 6.18 Å². The molecule has 2 aromatic rings. The van der Waals surface area contributed by atoms with Crippen molar-refractivity contribution in [3.8, 4) is 0 Å². The van der Waals surface area contributed by atoms with Gasteiger partial charge in [-0.05, 0) is 44.0 Å². The highest BCUT2D eigenvalue weighted by Gasteiger charge is 2.38. The molecule has 32 heavy (non-hydrogen) atoms. The number of likely N-dealkylation sites (tertiary alicyclic amines) is 1. The molecule has 0 aliphatic carbocycles. The first-order valence-corrected chi connectivity index (χ1v) is 10.8. The van der Waals surface area contributed by atoms with Crippen LogP contribution < -0.4 is 5.32 Å². The van der Waals surface area contributed by atoms with Crippen molar-refractivity contribution in [2.45, 2.75) is 32.0 Å². The molecule has 1 heterocycles. The minimum Gasteiger partial charge on any atom is -0.334 e. The SMILES string of the molecule is CCN(CC(F)(F)F)C(=O)[C@@H]1CCCN([C@H](C(=O)Nc2ccccc2)c2ccccc2)C1. The van der Waals surface area contributed by atoms with Gasteiger partial charge in [0.2, 0.25) is 11.8 Å². The second-order valence-electron chi connectivity index (χ2n) is 7.97. The fourth-order valence-corrected chi connectivity index (χ4v) is 4.16. The van der Waals surface area contributed by atoms with Gasteiger partial charge in [0.05, 0.1) is 5.92 Å². The number of para-hydroxylation sites is 1. The number of carbonyl (C=O) groups excluding carboxylic acids is 2. The first-order chi connectivity index (χ1) is 15.3. The lowest BCUT2D eigenvalue weighted by Crippen LogP contribution is -2.49. The van der Waals surface area contributed by atoms with Gasteiger partial charge in [-0.2, -0.15) is 13.2 Å². The molecule has 0 aromatic heterocycles. The first-order valence-electron chi connectivity index (χ1n) is 10.8. The van der Waals surface area contributed by atoms with E-state index >= 15 is 0 Å². The van der Waals surface area contributed by atoms with Gasteiger partial charge in [-0.1, -0.05) is 48.5 Å². The molecule has 8 heteroatoms. The summed E-state index contributed by atoms with van der Waals surface area (Å²) in [7, 11) is 0. The summed E-state index contributed by atoms with van der Waals surface area (Å²) in [4.78, 5) is 28.9. The lowest BCUT2D eigenvalue weighted by Gasteiger charge is -2.38. The van der Waals surface area contributed by atoms with Crippen LogP contribution in [0.15, 0.2) is 60.7 Å². The van der Waals surface area contributed by atoms with Crippen LogP contribution in [-0.4, -0.2) is 54.0 Å². The van der Waals surface area contributed by atoms with Crippen LogP contribution >= 0.6 is 0 Å². The van der Waals surface area contributed by atoms with Crippen LogP contribution in [0, 0.1) is 5.92 Å². The van der Waals surface area contributed by atoms with Gasteiger partial charge < -0.3 is 10.2 Å². The van der Waals surface area contributed by atoms with Crippen molar-refractivity contribution in [1.82, 2.24) is 9.80 Å². The zero-order valence-electron chi connectivity index (χ0n) is 18.0. The van der Waals surface area contributed by atoms with Crippen molar-refractivity contribution in [2.75, 3.05) is 31.5 Å². The Bertz CT molecular complexity index is 890. The normalized spacial score (nSPS) is 18.1. The van der Waals surface area contributed by atoms with E-state index in [1.807, 2.05) is 53.4 Å². The van der Waals surface area contributed by atoms with E-state index in [1.54, 1.807) is 19.1 Å². The Morgan fingerprint density at radius 1 is 1.09 bits per heavy atom. The highest BCUT2D eigenvalue weighted by Crippen LogP contribution is 2.30. The average molecular weight is 448 g/mol. The van der Waals surface area contributed by atoms with Crippen molar-refractivity contribution in [3.05, 3.63) is 66.2 Å². The number of amides is 2. The van der Waals surface area contributed by atoms with E-state index in [0.29, 0.717) is 25.1 Å². The Morgan fingerprint density at radius 2 is 1.72 bits per heavy atom. The highest BCUT2D eigenvalue weighted by atomic mass is 19.4. The van der Waals surface area contributed by atoms with Crippen molar-refractivity contribution in [1.29, 1.82) is 0 Å². The largest absolute Gasteiger partial charge is 0.406 e. The van der Waals surface area contributed by atoms with Gasteiger partial charge in [0.15, 0.2) is 0 Å². The third kappa shape index (κ3) is 6.32. The zero-order chi connectivity index (χ0) is 23.1. The molecule has 172 valence electrons. The molecule has 2 amide bonds. The van der Waals surface area contributed by atoms with Crippen LogP contribution in [0.25, 0.3) is 0 Å². The van der Waals surface area contributed by atoms with Crippen LogP contribution in [0.5, 0.6) is 0 Å². The molecule has 1 aliphatic rings. The number of nitrogens with zero attached hydrogens (tertiary/aromatic N) is 2. The summed E-state index contributed by atoms with van der Waals surface area (Å²) in [5.74, 6) is -1.33. The number of benzene rings is 2. The number of hydrogen-bond donors (Lipinski definition) is 1. The van der Waals surface area contributed by atoms with Gasteiger partial charge in [0, 0.05) is 18.8 Å². The van der Waals surface area contributed by atoms with E-state index in [1.165, 1.54) is 0 Å². The maximum atomic E-state index is 13.3. The molecule has 3 rings (SSSR count). The van der Waals surface area contributed by atoms with Crippen molar-refractivity contribution >= 4 is 17.5 Å². The Labute approximate surface area is 186 Å². The number of anilines is 1. The van der Waals surface area contributed by atoms with Crippen molar-refractivity contribution in [2.24, 2.45) is 5.92 Å². The fraction of sp³-hybridized carbons (Fsp3) is 0.417. The quantitative estimate of drug-likeness (QED) is 0.681. The summed E-state index contributed by atoms with van der Waals surface area (Å²) in [6, 6.07) is 17.7. The number of alkyl halides is 3. The van der Waals surface area contributed by atoms with Gasteiger partial charge in [0.25, 0.3) is 0 Å². The monoisotopic (exact) mass is 447 g/mol. The Hall–Kier alpha value is -2.87. The second kappa shape index (κ2) is 10.6. The predicted octanol–water partition coefficient (Wildman–Crippen LogP) is 4.49. The van der Waals surface area contributed by atoms with E-state index in [0.717, 1.165) is 10.5 Å². The summed E-state index contributed by atoms with van der Waals surface area (Å²) in [5.41, 5.74) is 1.43. The minimum absolute atomic E-state index is 0.00848. The molecular formula is C24H28F3N3O2. The minimum atomic E-state index is -4.44. The van der Waals surface area contributed by atoms with Crippen LogP contribution in [-0.2, 0) is 9.59 Å². The molecule has 0 spiro atoms. The number of nitrogens with one attached hydrogen (secondary N) is 1. The number of piperidine rings is 1. The Balaban J connectivity index is 1.80. The van der Waals surface area contributed by atoms with Gasteiger partial charge in [-0.15, -0.1) is 0 Å². The van der Waals surface area contributed by atoms with Crippen molar-refractivity contribution in [3.63, 3.8) is 0 Å². The van der Waals surface area contributed by atoms with E-state index in [9.17, 15) is 22.8 Å². The Kier molecular flexibility index (Phi) is 7.90.